The Hall–Kier alpha value is -0.710. The molecule has 1 aliphatic rings. The van der Waals surface area contributed by atoms with Crippen molar-refractivity contribution in [1.29, 1.82) is 0 Å². The number of carbonyl (C=O) groups excluding carboxylic acids is 1. The van der Waals surface area contributed by atoms with Gasteiger partial charge in [0.2, 0.25) is 5.91 Å². The monoisotopic (exact) mass is 299 g/mol. The van der Waals surface area contributed by atoms with Crippen molar-refractivity contribution in [3.05, 3.63) is 34.9 Å². The summed E-state index contributed by atoms with van der Waals surface area (Å²) in [5, 5.41) is 0.754. The Kier molecular flexibility index (Phi) is 5.55. The number of amides is 1. The SMILES string of the molecule is C[NH+]1CCN(C(=O)CSCc2ccc(Cl)cc2)CC1. The number of hydrogen-bond acceptors (Lipinski definition) is 2. The lowest BCUT2D eigenvalue weighted by Gasteiger charge is -2.30. The van der Waals surface area contributed by atoms with Crippen LogP contribution in [0.1, 0.15) is 5.56 Å². The van der Waals surface area contributed by atoms with E-state index in [1.165, 1.54) is 10.5 Å². The van der Waals surface area contributed by atoms with Crippen LogP contribution in [0, 0.1) is 0 Å². The van der Waals surface area contributed by atoms with Crippen molar-refractivity contribution < 1.29 is 9.69 Å². The van der Waals surface area contributed by atoms with Crippen LogP contribution >= 0.6 is 23.4 Å². The van der Waals surface area contributed by atoms with Gasteiger partial charge in [0.05, 0.1) is 39.0 Å². The van der Waals surface area contributed by atoms with Crippen molar-refractivity contribution in [2.75, 3.05) is 39.0 Å². The van der Waals surface area contributed by atoms with E-state index in [1.54, 1.807) is 11.8 Å². The van der Waals surface area contributed by atoms with E-state index in [-0.39, 0.29) is 5.91 Å². The number of hydrogen-bond donors (Lipinski definition) is 1. The van der Waals surface area contributed by atoms with Crippen LogP contribution in [0.15, 0.2) is 24.3 Å². The average molecular weight is 300 g/mol. The molecule has 0 spiro atoms. The zero-order chi connectivity index (χ0) is 13.7. The second kappa shape index (κ2) is 7.17. The number of likely N-dealkylation sites (N-methyl/N-ethyl adjacent to an activating group) is 1. The third-order valence-corrected chi connectivity index (χ3v) is 4.62. The molecule has 1 fully saturated rings. The summed E-state index contributed by atoms with van der Waals surface area (Å²) < 4.78 is 0. The Morgan fingerprint density at radius 2 is 1.95 bits per heavy atom. The van der Waals surface area contributed by atoms with E-state index in [2.05, 4.69) is 7.05 Å². The molecule has 1 aromatic rings. The summed E-state index contributed by atoms with van der Waals surface area (Å²) in [6.45, 7) is 3.92. The maximum absolute atomic E-state index is 12.0. The van der Waals surface area contributed by atoms with Gasteiger partial charge in [0.15, 0.2) is 0 Å². The standard InChI is InChI=1S/C14H19ClN2OS/c1-16-6-8-17(9-7-16)14(18)11-19-10-12-2-4-13(15)5-3-12/h2-5H,6-11H2,1H3/p+1. The summed E-state index contributed by atoms with van der Waals surface area (Å²) in [4.78, 5) is 15.5. The van der Waals surface area contributed by atoms with E-state index in [0.29, 0.717) is 5.75 Å². The average Bonchev–Trinajstić information content (AvgIpc) is 2.41. The number of piperazine rings is 1. The Balaban J connectivity index is 1.70. The van der Waals surface area contributed by atoms with Gasteiger partial charge in [0.25, 0.3) is 0 Å². The van der Waals surface area contributed by atoms with Gasteiger partial charge < -0.3 is 9.80 Å². The Morgan fingerprint density at radius 3 is 2.58 bits per heavy atom. The molecule has 0 saturated carbocycles. The van der Waals surface area contributed by atoms with Gasteiger partial charge in [-0.15, -0.1) is 11.8 Å². The Bertz CT molecular complexity index is 416. The maximum Gasteiger partial charge on any atom is 0.232 e. The fraction of sp³-hybridized carbons (Fsp3) is 0.500. The molecule has 0 radical (unpaired) electrons. The van der Waals surface area contributed by atoms with E-state index in [4.69, 9.17) is 11.6 Å². The number of thioether (sulfide) groups is 1. The molecule has 1 N–H and O–H groups in total. The highest BCUT2D eigenvalue weighted by Gasteiger charge is 2.20. The van der Waals surface area contributed by atoms with Crippen LogP contribution in [0.3, 0.4) is 0 Å². The third-order valence-electron chi connectivity index (χ3n) is 3.38. The molecule has 2 rings (SSSR count). The van der Waals surface area contributed by atoms with Crippen LogP contribution in [0.5, 0.6) is 0 Å². The van der Waals surface area contributed by atoms with Crippen LogP contribution in [-0.4, -0.2) is 49.8 Å². The largest absolute Gasteiger partial charge is 0.334 e. The summed E-state index contributed by atoms with van der Waals surface area (Å²) in [5.74, 6) is 1.70. The highest BCUT2D eigenvalue weighted by atomic mass is 35.5. The highest BCUT2D eigenvalue weighted by molar-refractivity contribution is 7.99. The predicted molar refractivity (Wildman–Crippen MR) is 80.8 cm³/mol. The summed E-state index contributed by atoms with van der Waals surface area (Å²) >= 11 is 7.51. The lowest BCUT2D eigenvalue weighted by atomic mass is 10.2. The third kappa shape index (κ3) is 4.71. The number of rotatable bonds is 4. The van der Waals surface area contributed by atoms with Crippen molar-refractivity contribution in [3.8, 4) is 0 Å². The molecule has 3 nitrogen and oxygen atoms in total. The number of carbonyl (C=O) groups is 1. The summed E-state index contributed by atoms with van der Waals surface area (Å²) in [6.07, 6.45) is 0. The zero-order valence-electron chi connectivity index (χ0n) is 11.2. The van der Waals surface area contributed by atoms with Gasteiger partial charge in [-0.05, 0) is 17.7 Å². The van der Waals surface area contributed by atoms with Crippen molar-refractivity contribution in [1.82, 2.24) is 4.90 Å². The molecule has 1 saturated heterocycles. The summed E-state index contributed by atoms with van der Waals surface area (Å²) in [7, 11) is 2.18. The maximum atomic E-state index is 12.0. The van der Waals surface area contributed by atoms with Crippen molar-refractivity contribution in [2.45, 2.75) is 5.75 Å². The lowest BCUT2D eigenvalue weighted by molar-refractivity contribution is -0.883. The van der Waals surface area contributed by atoms with E-state index < -0.39 is 0 Å². The summed E-state index contributed by atoms with van der Waals surface area (Å²) in [5.41, 5.74) is 1.21. The van der Waals surface area contributed by atoms with Gasteiger partial charge in [-0.1, -0.05) is 23.7 Å². The molecule has 19 heavy (non-hydrogen) atoms. The molecule has 5 heteroatoms. The van der Waals surface area contributed by atoms with E-state index >= 15 is 0 Å². The Morgan fingerprint density at radius 1 is 1.32 bits per heavy atom. The second-order valence-corrected chi connectivity index (χ2v) is 6.38. The molecule has 0 atom stereocenters. The molecule has 0 aliphatic carbocycles. The normalized spacial score (nSPS) is 16.6. The van der Waals surface area contributed by atoms with Crippen molar-refractivity contribution in [3.63, 3.8) is 0 Å². The molecule has 1 aliphatic heterocycles. The van der Waals surface area contributed by atoms with E-state index in [1.807, 2.05) is 29.2 Å². The molecular formula is C14H20ClN2OS+. The van der Waals surface area contributed by atoms with Crippen LogP contribution in [0.4, 0.5) is 0 Å². The first-order chi connectivity index (χ1) is 9.15. The minimum atomic E-state index is 0.270. The van der Waals surface area contributed by atoms with Gasteiger partial charge in [-0.2, -0.15) is 0 Å². The van der Waals surface area contributed by atoms with Crippen molar-refractivity contribution in [2.24, 2.45) is 0 Å². The molecule has 0 bridgehead atoms. The molecule has 104 valence electrons. The van der Waals surface area contributed by atoms with Crippen LogP contribution in [0.25, 0.3) is 0 Å². The number of halogens is 1. The van der Waals surface area contributed by atoms with Crippen LogP contribution < -0.4 is 4.90 Å². The molecule has 0 unspecified atom stereocenters. The fourth-order valence-electron chi connectivity index (χ4n) is 2.07. The highest BCUT2D eigenvalue weighted by Crippen LogP contribution is 2.15. The number of quaternary nitrogens is 1. The van der Waals surface area contributed by atoms with Gasteiger partial charge >= 0.3 is 0 Å². The zero-order valence-corrected chi connectivity index (χ0v) is 12.8. The molecular weight excluding hydrogens is 280 g/mol. The van der Waals surface area contributed by atoms with Gasteiger partial charge in [0, 0.05) is 10.8 Å². The smallest absolute Gasteiger partial charge is 0.232 e. The first kappa shape index (κ1) is 14.7. The first-order valence-corrected chi connectivity index (χ1v) is 8.09. The van der Waals surface area contributed by atoms with Gasteiger partial charge in [0.1, 0.15) is 0 Å². The van der Waals surface area contributed by atoms with Gasteiger partial charge in [-0.3, -0.25) is 4.79 Å². The quantitative estimate of drug-likeness (QED) is 0.895. The summed E-state index contributed by atoms with van der Waals surface area (Å²) in [6, 6.07) is 7.81. The second-order valence-electron chi connectivity index (χ2n) is 4.96. The number of benzene rings is 1. The minimum Gasteiger partial charge on any atom is -0.334 e. The van der Waals surface area contributed by atoms with E-state index in [0.717, 1.165) is 37.0 Å². The lowest BCUT2D eigenvalue weighted by Crippen LogP contribution is -3.12. The molecule has 1 heterocycles. The Labute approximate surface area is 123 Å². The van der Waals surface area contributed by atoms with Crippen molar-refractivity contribution >= 4 is 29.3 Å². The number of nitrogens with one attached hydrogen (secondary N) is 1. The fourth-order valence-corrected chi connectivity index (χ4v) is 3.08. The van der Waals surface area contributed by atoms with Crippen LogP contribution in [0.2, 0.25) is 5.02 Å². The van der Waals surface area contributed by atoms with Gasteiger partial charge in [-0.25, -0.2) is 0 Å². The van der Waals surface area contributed by atoms with E-state index in [9.17, 15) is 4.79 Å². The minimum absolute atomic E-state index is 0.270. The first-order valence-electron chi connectivity index (χ1n) is 6.56. The molecule has 1 aromatic carbocycles. The predicted octanol–water partition coefficient (Wildman–Crippen LogP) is 0.930. The molecule has 0 aromatic heterocycles. The van der Waals surface area contributed by atoms with Crippen LogP contribution in [-0.2, 0) is 10.5 Å². The topological polar surface area (TPSA) is 24.8 Å². The molecule has 1 amide bonds. The number of nitrogens with zero attached hydrogens (tertiary/aromatic N) is 1.